The van der Waals surface area contributed by atoms with E-state index in [4.69, 9.17) is 4.74 Å². The van der Waals surface area contributed by atoms with Gasteiger partial charge in [0, 0.05) is 11.1 Å². The van der Waals surface area contributed by atoms with Crippen LogP contribution in [-0.2, 0) is 6.61 Å². The highest BCUT2D eigenvalue weighted by Gasteiger charge is 2.05. The van der Waals surface area contributed by atoms with Gasteiger partial charge in [-0.3, -0.25) is 4.79 Å². The minimum Gasteiger partial charge on any atom is -0.508 e. The Balaban J connectivity index is 1.65. The Labute approximate surface area is 157 Å². The maximum absolute atomic E-state index is 12.0. The summed E-state index contributed by atoms with van der Waals surface area (Å²) in [6, 6.07) is 21.5. The van der Waals surface area contributed by atoms with Crippen molar-refractivity contribution in [2.24, 2.45) is 5.10 Å². The summed E-state index contributed by atoms with van der Waals surface area (Å²) in [6.07, 6.45) is 1.55. The molecule has 0 spiro atoms. The molecule has 5 heteroatoms. The van der Waals surface area contributed by atoms with E-state index < -0.39 is 0 Å². The quantitative estimate of drug-likeness (QED) is 0.515. The Kier molecular flexibility index (Phi) is 5.84. The highest BCUT2D eigenvalue weighted by molar-refractivity contribution is 5.95. The van der Waals surface area contributed by atoms with Gasteiger partial charge in [-0.15, -0.1) is 0 Å². The molecule has 0 saturated carbocycles. The zero-order valence-corrected chi connectivity index (χ0v) is 14.9. The monoisotopic (exact) mass is 360 g/mol. The normalized spacial score (nSPS) is 10.7. The number of carbonyl (C=O) groups is 1. The van der Waals surface area contributed by atoms with Gasteiger partial charge in [-0.2, -0.15) is 5.10 Å². The number of hydrogen-bond acceptors (Lipinski definition) is 4. The lowest BCUT2D eigenvalue weighted by Crippen LogP contribution is -2.17. The SMILES string of the molecule is Cc1ccccc1COc1ccccc1/C=N/NC(=O)c1ccc(O)cc1. The smallest absolute Gasteiger partial charge is 0.271 e. The Morgan fingerprint density at radius 1 is 1.04 bits per heavy atom. The van der Waals surface area contributed by atoms with E-state index in [1.807, 2.05) is 55.5 Å². The number of hydrogen-bond donors (Lipinski definition) is 2. The van der Waals surface area contributed by atoms with Crippen LogP contribution in [0.1, 0.15) is 27.0 Å². The third-order valence-corrected chi connectivity index (χ3v) is 4.06. The molecule has 3 rings (SSSR count). The van der Waals surface area contributed by atoms with Crippen LogP contribution in [0.4, 0.5) is 0 Å². The summed E-state index contributed by atoms with van der Waals surface area (Å²) < 4.78 is 5.93. The van der Waals surface area contributed by atoms with Gasteiger partial charge < -0.3 is 9.84 Å². The number of hydrazone groups is 1. The Morgan fingerprint density at radius 2 is 1.74 bits per heavy atom. The van der Waals surface area contributed by atoms with Gasteiger partial charge in [0.2, 0.25) is 0 Å². The number of nitrogens with zero attached hydrogens (tertiary/aromatic N) is 1. The lowest BCUT2D eigenvalue weighted by atomic mass is 10.1. The van der Waals surface area contributed by atoms with Crippen molar-refractivity contribution >= 4 is 12.1 Å². The highest BCUT2D eigenvalue weighted by Crippen LogP contribution is 2.18. The van der Waals surface area contributed by atoms with Crippen LogP contribution >= 0.6 is 0 Å². The van der Waals surface area contributed by atoms with Crippen molar-refractivity contribution in [3.05, 3.63) is 95.1 Å². The molecule has 1 amide bonds. The van der Waals surface area contributed by atoms with Crippen molar-refractivity contribution in [1.29, 1.82) is 0 Å². The second-order valence-electron chi connectivity index (χ2n) is 6.00. The number of amides is 1. The van der Waals surface area contributed by atoms with Crippen LogP contribution in [0, 0.1) is 6.92 Å². The van der Waals surface area contributed by atoms with Crippen molar-refractivity contribution in [3.63, 3.8) is 0 Å². The fraction of sp³-hybridized carbons (Fsp3) is 0.0909. The molecule has 0 fully saturated rings. The van der Waals surface area contributed by atoms with Crippen molar-refractivity contribution in [3.8, 4) is 11.5 Å². The fourth-order valence-electron chi connectivity index (χ4n) is 2.48. The number of benzene rings is 3. The van der Waals surface area contributed by atoms with Crippen molar-refractivity contribution in [1.82, 2.24) is 5.43 Å². The third kappa shape index (κ3) is 4.95. The average molecular weight is 360 g/mol. The number of ether oxygens (including phenoxy) is 1. The molecule has 0 saturated heterocycles. The summed E-state index contributed by atoms with van der Waals surface area (Å²) >= 11 is 0. The maximum Gasteiger partial charge on any atom is 0.271 e. The summed E-state index contributed by atoms with van der Waals surface area (Å²) in [5.74, 6) is 0.433. The van der Waals surface area contributed by atoms with Crippen molar-refractivity contribution in [2.75, 3.05) is 0 Å². The number of phenols is 1. The van der Waals surface area contributed by atoms with E-state index in [1.165, 1.54) is 29.8 Å². The third-order valence-electron chi connectivity index (χ3n) is 4.06. The van der Waals surface area contributed by atoms with Crippen LogP contribution < -0.4 is 10.2 Å². The maximum atomic E-state index is 12.0. The van der Waals surface area contributed by atoms with Gasteiger partial charge in [0.15, 0.2) is 0 Å². The average Bonchev–Trinajstić information content (AvgIpc) is 2.69. The zero-order valence-electron chi connectivity index (χ0n) is 14.9. The number of phenolic OH excluding ortho intramolecular Hbond substituents is 1. The second kappa shape index (κ2) is 8.67. The molecule has 0 bridgehead atoms. The molecule has 0 aliphatic heterocycles. The minimum atomic E-state index is -0.357. The molecule has 5 nitrogen and oxygen atoms in total. The van der Waals surface area contributed by atoms with E-state index in [0.29, 0.717) is 17.9 Å². The van der Waals surface area contributed by atoms with E-state index in [1.54, 1.807) is 6.21 Å². The summed E-state index contributed by atoms with van der Waals surface area (Å²) in [5, 5.41) is 13.3. The van der Waals surface area contributed by atoms with E-state index in [0.717, 1.165) is 11.1 Å². The van der Waals surface area contributed by atoms with Gasteiger partial charge in [-0.25, -0.2) is 5.43 Å². The number of aromatic hydroxyl groups is 1. The van der Waals surface area contributed by atoms with Crippen LogP contribution in [0.25, 0.3) is 0 Å². The van der Waals surface area contributed by atoms with Crippen LogP contribution in [0.15, 0.2) is 77.9 Å². The summed E-state index contributed by atoms with van der Waals surface area (Å²) in [6.45, 7) is 2.50. The number of nitrogens with one attached hydrogen (secondary N) is 1. The van der Waals surface area contributed by atoms with Crippen LogP contribution in [0.5, 0.6) is 11.5 Å². The van der Waals surface area contributed by atoms with Crippen molar-refractivity contribution in [2.45, 2.75) is 13.5 Å². The number of carbonyl (C=O) groups excluding carboxylic acids is 1. The predicted molar refractivity (Wildman–Crippen MR) is 105 cm³/mol. The molecule has 0 atom stereocenters. The summed E-state index contributed by atoms with van der Waals surface area (Å²) in [5.41, 5.74) is 5.93. The van der Waals surface area contributed by atoms with Crippen LogP contribution in [0.2, 0.25) is 0 Å². The largest absolute Gasteiger partial charge is 0.508 e. The molecule has 3 aromatic rings. The van der Waals surface area contributed by atoms with Gasteiger partial charge in [0.05, 0.1) is 6.21 Å². The first-order valence-electron chi connectivity index (χ1n) is 8.52. The van der Waals surface area contributed by atoms with Gasteiger partial charge in [0.25, 0.3) is 5.91 Å². The minimum absolute atomic E-state index is 0.106. The van der Waals surface area contributed by atoms with E-state index >= 15 is 0 Å². The lowest BCUT2D eigenvalue weighted by Gasteiger charge is -2.10. The predicted octanol–water partition coefficient (Wildman–Crippen LogP) is 4.04. The molecule has 0 aliphatic carbocycles. The molecular formula is C22H20N2O3. The van der Waals surface area contributed by atoms with E-state index in [2.05, 4.69) is 10.5 Å². The van der Waals surface area contributed by atoms with Gasteiger partial charge in [-0.05, 0) is 54.4 Å². The van der Waals surface area contributed by atoms with E-state index in [9.17, 15) is 9.90 Å². The zero-order chi connectivity index (χ0) is 19.1. The lowest BCUT2D eigenvalue weighted by molar-refractivity contribution is 0.0955. The Hall–Kier alpha value is -3.60. The van der Waals surface area contributed by atoms with Gasteiger partial charge >= 0.3 is 0 Å². The molecule has 0 aromatic heterocycles. The van der Waals surface area contributed by atoms with Crippen molar-refractivity contribution < 1.29 is 14.6 Å². The first-order chi connectivity index (χ1) is 13.1. The van der Waals surface area contributed by atoms with E-state index in [-0.39, 0.29) is 11.7 Å². The topological polar surface area (TPSA) is 70.9 Å². The molecule has 136 valence electrons. The first kappa shape index (κ1) is 18.2. The molecule has 3 aromatic carbocycles. The molecule has 2 N–H and O–H groups in total. The summed E-state index contributed by atoms with van der Waals surface area (Å²) in [7, 11) is 0. The van der Waals surface area contributed by atoms with Gasteiger partial charge in [0.1, 0.15) is 18.1 Å². The molecule has 0 heterocycles. The van der Waals surface area contributed by atoms with Gasteiger partial charge in [-0.1, -0.05) is 36.4 Å². The molecule has 0 aliphatic rings. The fourth-order valence-corrected chi connectivity index (χ4v) is 2.48. The molecule has 0 unspecified atom stereocenters. The standard InChI is InChI=1S/C22H20N2O3/c1-16-6-2-3-8-19(16)15-27-21-9-5-4-7-18(21)14-23-24-22(26)17-10-12-20(25)13-11-17/h2-14,25H,15H2,1H3,(H,24,26)/b23-14+. The number of para-hydroxylation sites is 1. The second-order valence-corrected chi connectivity index (χ2v) is 6.00. The highest BCUT2D eigenvalue weighted by atomic mass is 16.5. The molecule has 27 heavy (non-hydrogen) atoms. The van der Waals surface area contributed by atoms with Crippen LogP contribution in [-0.4, -0.2) is 17.2 Å². The Morgan fingerprint density at radius 3 is 2.52 bits per heavy atom. The summed E-state index contributed by atoms with van der Waals surface area (Å²) in [4.78, 5) is 12.0. The first-order valence-corrected chi connectivity index (χ1v) is 8.52. The number of aryl methyl sites for hydroxylation is 1. The number of rotatable bonds is 6. The van der Waals surface area contributed by atoms with Crippen LogP contribution in [0.3, 0.4) is 0 Å². The molecular weight excluding hydrogens is 340 g/mol. The molecule has 0 radical (unpaired) electrons. The Bertz CT molecular complexity index is 950.